The highest BCUT2D eigenvalue weighted by Crippen LogP contribution is 2.29. The van der Waals surface area contributed by atoms with Crippen LogP contribution in [0.4, 0.5) is 0 Å². The van der Waals surface area contributed by atoms with Crippen LogP contribution in [0, 0.1) is 0 Å². The van der Waals surface area contributed by atoms with Crippen LogP contribution in [0.2, 0.25) is 0 Å². The van der Waals surface area contributed by atoms with Gasteiger partial charge in [-0.25, -0.2) is 0 Å². The minimum absolute atomic E-state index is 0.0351. The zero-order valence-corrected chi connectivity index (χ0v) is 14.2. The lowest BCUT2D eigenvalue weighted by Gasteiger charge is -2.20. The molecule has 0 bridgehead atoms. The Kier molecular flexibility index (Phi) is 5.76. The first-order valence-electron chi connectivity index (χ1n) is 7.15. The van der Waals surface area contributed by atoms with Crippen molar-refractivity contribution in [1.82, 2.24) is 20.1 Å². The lowest BCUT2D eigenvalue weighted by atomic mass is 10.1. The van der Waals surface area contributed by atoms with Crippen molar-refractivity contribution in [2.75, 3.05) is 13.7 Å². The number of nitrogens with one attached hydrogen (secondary N) is 1. The van der Waals surface area contributed by atoms with E-state index >= 15 is 0 Å². The summed E-state index contributed by atoms with van der Waals surface area (Å²) in [6, 6.07) is 3.98. The van der Waals surface area contributed by atoms with Gasteiger partial charge >= 0.3 is 0 Å². The van der Waals surface area contributed by atoms with Gasteiger partial charge < -0.3 is 10.1 Å². The summed E-state index contributed by atoms with van der Waals surface area (Å²) in [7, 11) is 1.68. The minimum atomic E-state index is -0.0351. The van der Waals surface area contributed by atoms with Crippen LogP contribution in [0.15, 0.2) is 29.0 Å². The summed E-state index contributed by atoms with van der Waals surface area (Å²) in [5.41, 5.74) is 1.98. The van der Waals surface area contributed by atoms with Crippen LogP contribution in [0.1, 0.15) is 37.7 Å². The molecule has 0 fully saturated rings. The summed E-state index contributed by atoms with van der Waals surface area (Å²) < 4.78 is 8.45. The van der Waals surface area contributed by atoms with Crippen LogP contribution in [0.25, 0.3) is 0 Å². The molecule has 0 aliphatic carbocycles. The van der Waals surface area contributed by atoms with Crippen LogP contribution in [0.5, 0.6) is 5.75 Å². The zero-order valence-electron chi connectivity index (χ0n) is 12.6. The van der Waals surface area contributed by atoms with Crippen molar-refractivity contribution in [3.63, 3.8) is 0 Å². The van der Waals surface area contributed by atoms with E-state index in [-0.39, 0.29) is 6.04 Å². The molecule has 114 valence electrons. The Morgan fingerprint density at radius 1 is 1.33 bits per heavy atom. The largest absolute Gasteiger partial charge is 0.493 e. The van der Waals surface area contributed by atoms with Gasteiger partial charge in [0.1, 0.15) is 5.69 Å². The molecule has 2 aromatic rings. The SMILES string of the molecule is CCCn1ncc(OC)c1C(NCC)c1ccc(Br)cn1. The number of rotatable bonds is 7. The molecule has 0 aliphatic rings. The molecule has 0 radical (unpaired) electrons. The normalized spacial score (nSPS) is 12.4. The van der Waals surface area contributed by atoms with E-state index in [9.17, 15) is 0 Å². The molecular weight excluding hydrogens is 332 g/mol. The quantitative estimate of drug-likeness (QED) is 0.831. The van der Waals surface area contributed by atoms with E-state index in [0.29, 0.717) is 0 Å². The van der Waals surface area contributed by atoms with Gasteiger partial charge in [-0.15, -0.1) is 0 Å². The molecule has 2 aromatic heterocycles. The van der Waals surface area contributed by atoms with E-state index in [1.165, 1.54) is 0 Å². The van der Waals surface area contributed by atoms with Gasteiger partial charge in [0.05, 0.1) is 25.0 Å². The van der Waals surface area contributed by atoms with Crippen molar-refractivity contribution in [3.8, 4) is 5.75 Å². The predicted octanol–water partition coefficient (Wildman–Crippen LogP) is 3.16. The lowest BCUT2D eigenvalue weighted by molar-refractivity contribution is 0.397. The zero-order chi connectivity index (χ0) is 15.2. The Morgan fingerprint density at radius 3 is 2.71 bits per heavy atom. The minimum Gasteiger partial charge on any atom is -0.493 e. The van der Waals surface area contributed by atoms with E-state index in [1.807, 2.05) is 23.0 Å². The molecule has 0 saturated heterocycles. The number of hydrogen-bond donors (Lipinski definition) is 1. The van der Waals surface area contributed by atoms with E-state index in [1.54, 1.807) is 13.3 Å². The molecule has 0 amide bonds. The predicted molar refractivity (Wildman–Crippen MR) is 86.5 cm³/mol. The Labute approximate surface area is 133 Å². The maximum absolute atomic E-state index is 5.48. The standard InChI is InChI=1S/C15H21BrN4O/c1-4-8-20-15(13(21-3)10-19-20)14(17-5-2)12-7-6-11(16)9-18-12/h6-7,9-10,14,17H,4-5,8H2,1-3H3. The van der Waals surface area contributed by atoms with E-state index in [0.717, 1.165) is 41.1 Å². The lowest BCUT2D eigenvalue weighted by Crippen LogP contribution is -2.26. The van der Waals surface area contributed by atoms with E-state index in [2.05, 4.69) is 45.2 Å². The number of halogens is 1. The number of aryl methyl sites for hydroxylation is 1. The maximum Gasteiger partial charge on any atom is 0.161 e. The summed E-state index contributed by atoms with van der Waals surface area (Å²) >= 11 is 3.42. The second-order valence-corrected chi connectivity index (χ2v) is 5.63. The van der Waals surface area contributed by atoms with Crippen LogP contribution >= 0.6 is 15.9 Å². The summed E-state index contributed by atoms with van der Waals surface area (Å²) in [4.78, 5) is 4.52. The van der Waals surface area contributed by atoms with Gasteiger partial charge in [0.15, 0.2) is 5.75 Å². The second kappa shape index (κ2) is 7.56. The third kappa shape index (κ3) is 3.63. The first-order valence-corrected chi connectivity index (χ1v) is 7.95. The molecule has 21 heavy (non-hydrogen) atoms. The van der Waals surface area contributed by atoms with Crippen LogP contribution in [-0.2, 0) is 6.54 Å². The molecule has 0 aromatic carbocycles. The Hall–Kier alpha value is -1.40. The average molecular weight is 353 g/mol. The number of nitrogens with zero attached hydrogens (tertiary/aromatic N) is 3. The number of methoxy groups -OCH3 is 1. The monoisotopic (exact) mass is 352 g/mol. The highest BCUT2D eigenvalue weighted by atomic mass is 79.9. The smallest absolute Gasteiger partial charge is 0.161 e. The van der Waals surface area contributed by atoms with Crippen molar-refractivity contribution in [2.45, 2.75) is 32.9 Å². The number of hydrogen-bond acceptors (Lipinski definition) is 4. The number of pyridine rings is 1. The number of aromatic nitrogens is 3. The van der Waals surface area contributed by atoms with Gasteiger partial charge in [0, 0.05) is 17.2 Å². The molecule has 0 aliphatic heterocycles. The summed E-state index contributed by atoms with van der Waals surface area (Å²) in [5.74, 6) is 0.791. The summed E-state index contributed by atoms with van der Waals surface area (Å²) in [6.07, 6.45) is 4.60. The molecule has 1 atom stereocenters. The van der Waals surface area contributed by atoms with Gasteiger partial charge in [-0.05, 0) is 41.0 Å². The highest BCUT2D eigenvalue weighted by Gasteiger charge is 2.23. The van der Waals surface area contributed by atoms with Crippen LogP contribution in [-0.4, -0.2) is 28.4 Å². The van der Waals surface area contributed by atoms with Crippen LogP contribution < -0.4 is 10.1 Å². The molecule has 1 unspecified atom stereocenters. The average Bonchev–Trinajstić information content (AvgIpc) is 2.89. The van der Waals surface area contributed by atoms with Crippen molar-refractivity contribution >= 4 is 15.9 Å². The molecule has 2 heterocycles. The van der Waals surface area contributed by atoms with Gasteiger partial charge in [-0.1, -0.05) is 13.8 Å². The van der Waals surface area contributed by atoms with Crippen LogP contribution in [0.3, 0.4) is 0 Å². The Morgan fingerprint density at radius 2 is 2.14 bits per heavy atom. The van der Waals surface area contributed by atoms with Gasteiger partial charge in [0.2, 0.25) is 0 Å². The van der Waals surface area contributed by atoms with Gasteiger partial charge in [-0.3, -0.25) is 9.67 Å². The summed E-state index contributed by atoms with van der Waals surface area (Å²) in [6.45, 7) is 5.91. The topological polar surface area (TPSA) is 52.0 Å². The molecule has 0 spiro atoms. The van der Waals surface area contributed by atoms with Crippen molar-refractivity contribution in [3.05, 3.63) is 40.4 Å². The first kappa shape index (κ1) is 16.0. The highest BCUT2D eigenvalue weighted by molar-refractivity contribution is 9.10. The van der Waals surface area contributed by atoms with Gasteiger partial charge in [-0.2, -0.15) is 5.10 Å². The Bertz CT molecular complexity index is 568. The molecule has 5 nitrogen and oxygen atoms in total. The van der Waals surface area contributed by atoms with Crippen molar-refractivity contribution < 1.29 is 4.74 Å². The molecule has 6 heteroatoms. The number of ether oxygens (including phenoxy) is 1. The van der Waals surface area contributed by atoms with Crippen molar-refractivity contribution in [1.29, 1.82) is 0 Å². The fraction of sp³-hybridized carbons (Fsp3) is 0.467. The fourth-order valence-corrected chi connectivity index (χ4v) is 2.55. The summed E-state index contributed by atoms with van der Waals surface area (Å²) in [5, 5.41) is 7.91. The van der Waals surface area contributed by atoms with E-state index < -0.39 is 0 Å². The third-order valence-electron chi connectivity index (χ3n) is 3.23. The Balaban J connectivity index is 2.46. The van der Waals surface area contributed by atoms with Gasteiger partial charge in [0.25, 0.3) is 0 Å². The third-order valence-corrected chi connectivity index (χ3v) is 3.70. The molecule has 0 saturated carbocycles. The van der Waals surface area contributed by atoms with Crippen molar-refractivity contribution in [2.24, 2.45) is 0 Å². The molecular formula is C15H21BrN4O. The maximum atomic E-state index is 5.48. The molecule has 2 rings (SSSR count). The fourth-order valence-electron chi connectivity index (χ4n) is 2.32. The van der Waals surface area contributed by atoms with E-state index in [4.69, 9.17) is 4.74 Å². The second-order valence-electron chi connectivity index (χ2n) is 4.71. The molecule has 1 N–H and O–H groups in total. The first-order chi connectivity index (χ1) is 10.2.